The Labute approximate surface area is 56.2 Å². The lowest BCUT2D eigenvalue weighted by Gasteiger charge is -2.01. The Kier molecular flexibility index (Phi) is 2.71. The van der Waals surface area contributed by atoms with E-state index in [9.17, 15) is 0 Å². The van der Waals surface area contributed by atoms with E-state index in [1.807, 2.05) is 0 Å². The summed E-state index contributed by atoms with van der Waals surface area (Å²) >= 11 is 0. The summed E-state index contributed by atoms with van der Waals surface area (Å²) in [6.07, 6.45) is 5.71. The molecule has 1 aliphatic heterocycles. The molecular formula is C7H14N2. The first-order valence-corrected chi connectivity index (χ1v) is 3.63. The van der Waals surface area contributed by atoms with Crippen molar-refractivity contribution in [1.29, 1.82) is 0 Å². The van der Waals surface area contributed by atoms with Gasteiger partial charge in [-0.25, -0.2) is 0 Å². The first-order chi connectivity index (χ1) is 4.43. The molecule has 52 valence electrons. The third kappa shape index (κ3) is 2.14. The first kappa shape index (κ1) is 6.75. The smallest absolute Gasteiger partial charge is 0.0391 e. The van der Waals surface area contributed by atoms with Crippen molar-refractivity contribution >= 4 is 6.21 Å². The highest BCUT2D eigenvalue weighted by Gasteiger charge is 2.08. The molecule has 0 radical (unpaired) electrons. The Morgan fingerprint density at radius 3 is 3.11 bits per heavy atom. The molecule has 2 nitrogen and oxygen atoms in total. The van der Waals surface area contributed by atoms with E-state index in [4.69, 9.17) is 5.73 Å². The van der Waals surface area contributed by atoms with Gasteiger partial charge < -0.3 is 5.73 Å². The van der Waals surface area contributed by atoms with Crippen LogP contribution in [0.5, 0.6) is 0 Å². The molecule has 1 heterocycles. The van der Waals surface area contributed by atoms with Crippen molar-refractivity contribution in [2.45, 2.75) is 19.3 Å². The SMILES string of the molecule is NCCCC1C=NCC1. The van der Waals surface area contributed by atoms with Crippen molar-refractivity contribution in [3.8, 4) is 0 Å². The van der Waals surface area contributed by atoms with Gasteiger partial charge in [0.2, 0.25) is 0 Å². The first-order valence-electron chi connectivity index (χ1n) is 3.63. The Hall–Kier alpha value is -0.370. The van der Waals surface area contributed by atoms with Gasteiger partial charge >= 0.3 is 0 Å². The van der Waals surface area contributed by atoms with Crippen molar-refractivity contribution in [2.24, 2.45) is 16.6 Å². The lowest BCUT2D eigenvalue weighted by atomic mass is 10.0. The zero-order chi connectivity index (χ0) is 6.53. The molecule has 0 aromatic rings. The summed E-state index contributed by atoms with van der Waals surface area (Å²) in [7, 11) is 0. The van der Waals surface area contributed by atoms with Crippen LogP contribution in [0, 0.1) is 5.92 Å². The molecule has 0 saturated carbocycles. The standard InChI is InChI=1S/C7H14N2/c8-4-1-2-7-3-5-9-6-7/h6-7H,1-5,8H2. The fraction of sp³-hybridized carbons (Fsp3) is 0.857. The summed E-state index contributed by atoms with van der Waals surface area (Å²) < 4.78 is 0. The maximum absolute atomic E-state index is 5.36. The van der Waals surface area contributed by atoms with E-state index in [1.54, 1.807) is 0 Å². The molecule has 0 aromatic carbocycles. The van der Waals surface area contributed by atoms with Crippen LogP contribution in [-0.2, 0) is 0 Å². The minimum atomic E-state index is 0.744. The Morgan fingerprint density at radius 1 is 1.67 bits per heavy atom. The predicted molar refractivity (Wildman–Crippen MR) is 39.8 cm³/mol. The van der Waals surface area contributed by atoms with E-state index in [0.29, 0.717) is 0 Å². The van der Waals surface area contributed by atoms with Crippen LogP contribution >= 0.6 is 0 Å². The van der Waals surface area contributed by atoms with Gasteiger partial charge in [0.25, 0.3) is 0 Å². The zero-order valence-electron chi connectivity index (χ0n) is 5.71. The molecule has 1 aliphatic rings. The van der Waals surface area contributed by atoms with Gasteiger partial charge in [0, 0.05) is 12.8 Å². The van der Waals surface area contributed by atoms with E-state index >= 15 is 0 Å². The molecule has 1 rings (SSSR count). The number of aliphatic imine (C=N–C) groups is 1. The summed E-state index contributed by atoms with van der Waals surface area (Å²) in [5.74, 6) is 0.744. The maximum Gasteiger partial charge on any atom is 0.0391 e. The second-order valence-corrected chi connectivity index (χ2v) is 2.53. The monoisotopic (exact) mass is 126 g/mol. The second kappa shape index (κ2) is 3.62. The summed E-state index contributed by atoms with van der Waals surface area (Å²) in [6.45, 7) is 1.86. The van der Waals surface area contributed by atoms with Crippen molar-refractivity contribution in [3.05, 3.63) is 0 Å². The van der Waals surface area contributed by atoms with E-state index in [2.05, 4.69) is 11.2 Å². The maximum atomic E-state index is 5.36. The highest BCUT2D eigenvalue weighted by atomic mass is 14.7. The highest BCUT2D eigenvalue weighted by molar-refractivity contribution is 5.62. The quantitative estimate of drug-likeness (QED) is 0.597. The van der Waals surface area contributed by atoms with Crippen molar-refractivity contribution in [2.75, 3.05) is 13.1 Å². The zero-order valence-corrected chi connectivity index (χ0v) is 5.71. The van der Waals surface area contributed by atoms with Crippen LogP contribution in [0.3, 0.4) is 0 Å². The lowest BCUT2D eigenvalue weighted by Crippen LogP contribution is -2.03. The molecule has 0 saturated heterocycles. The third-order valence-electron chi connectivity index (χ3n) is 1.72. The molecule has 0 spiro atoms. The number of nitrogens with two attached hydrogens (primary N) is 1. The van der Waals surface area contributed by atoms with Crippen LogP contribution in [0.1, 0.15) is 19.3 Å². The fourth-order valence-corrected chi connectivity index (χ4v) is 1.14. The van der Waals surface area contributed by atoms with Crippen LogP contribution < -0.4 is 5.73 Å². The molecule has 0 fully saturated rings. The summed E-state index contributed by atoms with van der Waals surface area (Å²) in [5, 5.41) is 0. The Balaban J connectivity index is 2.05. The fourth-order valence-electron chi connectivity index (χ4n) is 1.14. The van der Waals surface area contributed by atoms with Crippen LogP contribution in [0.15, 0.2) is 4.99 Å². The number of hydrogen-bond donors (Lipinski definition) is 1. The van der Waals surface area contributed by atoms with E-state index in [1.165, 1.54) is 12.8 Å². The second-order valence-electron chi connectivity index (χ2n) is 2.53. The van der Waals surface area contributed by atoms with E-state index < -0.39 is 0 Å². The molecule has 1 unspecified atom stereocenters. The predicted octanol–water partition coefficient (Wildman–Crippen LogP) is 0.816. The summed E-state index contributed by atoms with van der Waals surface area (Å²) in [4.78, 5) is 4.15. The van der Waals surface area contributed by atoms with E-state index in [0.717, 1.165) is 25.4 Å². The van der Waals surface area contributed by atoms with Gasteiger partial charge in [-0.3, -0.25) is 4.99 Å². The molecule has 9 heavy (non-hydrogen) atoms. The van der Waals surface area contributed by atoms with Crippen molar-refractivity contribution in [1.82, 2.24) is 0 Å². The molecule has 0 amide bonds. The van der Waals surface area contributed by atoms with Gasteiger partial charge in [-0.2, -0.15) is 0 Å². The molecule has 0 aromatic heterocycles. The van der Waals surface area contributed by atoms with Gasteiger partial charge in [0.15, 0.2) is 0 Å². The van der Waals surface area contributed by atoms with Gasteiger partial charge in [0.05, 0.1) is 0 Å². The average Bonchev–Trinajstić information content (AvgIpc) is 2.34. The minimum Gasteiger partial charge on any atom is -0.330 e. The van der Waals surface area contributed by atoms with Crippen LogP contribution in [0.25, 0.3) is 0 Å². The average molecular weight is 126 g/mol. The number of nitrogens with zero attached hydrogens (tertiary/aromatic N) is 1. The molecule has 1 atom stereocenters. The summed E-state index contributed by atoms with van der Waals surface area (Å²) in [6, 6.07) is 0. The Bertz CT molecular complexity index is 99.1. The molecule has 0 aliphatic carbocycles. The van der Waals surface area contributed by atoms with Crippen LogP contribution in [-0.4, -0.2) is 19.3 Å². The molecule has 2 heteroatoms. The van der Waals surface area contributed by atoms with Gasteiger partial charge in [-0.1, -0.05) is 0 Å². The largest absolute Gasteiger partial charge is 0.330 e. The van der Waals surface area contributed by atoms with Crippen molar-refractivity contribution in [3.63, 3.8) is 0 Å². The van der Waals surface area contributed by atoms with Crippen LogP contribution in [0.2, 0.25) is 0 Å². The van der Waals surface area contributed by atoms with Gasteiger partial charge in [-0.15, -0.1) is 0 Å². The lowest BCUT2D eigenvalue weighted by molar-refractivity contribution is 0.596. The topological polar surface area (TPSA) is 38.4 Å². The van der Waals surface area contributed by atoms with Crippen LogP contribution in [0.4, 0.5) is 0 Å². The Morgan fingerprint density at radius 2 is 2.56 bits per heavy atom. The van der Waals surface area contributed by atoms with E-state index in [-0.39, 0.29) is 0 Å². The highest BCUT2D eigenvalue weighted by Crippen LogP contribution is 2.12. The number of hydrogen-bond acceptors (Lipinski definition) is 2. The third-order valence-corrected chi connectivity index (χ3v) is 1.72. The number of rotatable bonds is 3. The normalized spacial score (nSPS) is 25.2. The molecular weight excluding hydrogens is 112 g/mol. The van der Waals surface area contributed by atoms with Gasteiger partial charge in [0.1, 0.15) is 0 Å². The van der Waals surface area contributed by atoms with Crippen molar-refractivity contribution < 1.29 is 0 Å². The minimum absolute atomic E-state index is 0.744. The molecule has 0 bridgehead atoms. The summed E-state index contributed by atoms with van der Waals surface area (Å²) in [5.41, 5.74) is 5.36. The molecule has 2 N–H and O–H groups in total. The van der Waals surface area contributed by atoms with Gasteiger partial charge in [-0.05, 0) is 31.7 Å².